The zero-order valence-electron chi connectivity index (χ0n) is 14.3. The van der Waals surface area contributed by atoms with E-state index in [0.29, 0.717) is 26.1 Å². The summed E-state index contributed by atoms with van der Waals surface area (Å²) in [6, 6.07) is 0. The van der Waals surface area contributed by atoms with Crippen LogP contribution in [0.3, 0.4) is 0 Å². The van der Waals surface area contributed by atoms with Crippen LogP contribution in [0.5, 0.6) is 0 Å². The molecule has 23 heavy (non-hydrogen) atoms. The van der Waals surface area contributed by atoms with Gasteiger partial charge < -0.3 is 15.0 Å². The zero-order valence-corrected chi connectivity index (χ0v) is 14.3. The molecule has 1 heterocycles. The predicted octanol–water partition coefficient (Wildman–Crippen LogP) is 2.41. The minimum absolute atomic E-state index is 0.0145. The summed E-state index contributed by atoms with van der Waals surface area (Å²) in [5.74, 6) is 0.0423. The second-order valence-corrected chi connectivity index (χ2v) is 6.56. The quantitative estimate of drug-likeness (QED) is 0.698. The molecule has 1 N–H and O–H groups in total. The summed E-state index contributed by atoms with van der Waals surface area (Å²) in [4.78, 5) is 25.4. The lowest BCUT2D eigenvalue weighted by molar-refractivity contribution is -0.131. The van der Waals surface area contributed by atoms with Gasteiger partial charge in [-0.2, -0.15) is 0 Å². The van der Waals surface area contributed by atoms with Crippen LogP contribution in [-0.2, 0) is 14.3 Å². The second-order valence-electron chi connectivity index (χ2n) is 6.56. The van der Waals surface area contributed by atoms with Crippen molar-refractivity contribution in [2.75, 3.05) is 26.2 Å². The molecule has 0 aromatic rings. The third-order valence-electron chi connectivity index (χ3n) is 4.66. The summed E-state index contributed by atoms with van der Waals surface area (Å²) in [5.41, 5.74) is 1.47. The Balaban J connectivity index is 1.62. The van der Waals surface area contributed by atoms with Crippen molar-refractivity contribution in [3.8, 4) is 0 Å². The maximum absolute atomic E-state index is 11.9. The van der Waals surface area contributed by atoms with E-state index in [9.17, 15) is 9.59 Å². The van der Waals surface area contributed by atoms with Crippen LogP contribution in [0, 0.1) is 0 Å². The van der Waals surface area contributed by atoms with Crippen molar-refractivity contribution in [1.82, 2.24) is 10.2 Å². The van der Waals surface area contributed by atoms with E-state index in [2.05, 4.69) is 11.4 Å². The third kappa shape index (κ3) is 6.73. The Hall–Kier alpha value is -1.36. The Morgan fingerprint density at radius 1 is 1.35 bits per heavy atom. The summed E-state index contributed by atoms with van der Waals surface area (Å²) < 4.78 is 5.57. The lowest BCUT2D eigenvalue weighted by Gasteiger charge is -2.24. The number of amides is 2. The molecule has 2 aliphatic rings. The molecule has 2 rings (SSSR count). The van der Waals surface area contributed by atoms with Gasteiger partial charge in [0.25, 0.3) is 0 Å². The van der Waals surface area contributed by atoms with Crippen molar-refractivity contribution in [3.63, 3.8) is 0 Å². The van der Waals surface area contributed by atoms with E-state index in [4.69, 9.17) is 4.74 Å². The van der Waals surface area contributed by atoms with Gasteiger partial charge >= 0.3 is 0 Å². The molecule has 0 aromatic carbocycles. The van der Waals surface area contributed by atoms with E-state index >= 15 is 0 Å². The van der Waals surface area contributed by atoms with Crippen LogP contribution >= 0.6 is 0 Å². The minimum Gasteiger partial charge on any atom is -0.376 e. The summed E-state index contributed by atoms with van der Waals surface area (Å²) in [6.07, 6.45) is 10.8. The number of hydrogen-bond acceptors (Lipinski definition) is 3. The van der Waals surface area contributed by atoms with Gasteiger partial charge in [-0.3, -0.25) is 9.59 Å². The summed E-state index contributed by atoms with van der Waals surface area (Å²) in [5, 5.41) is 2.97. The highest BCUT2D eigenvalue weighted by molar-refractivity contribution is 5.78. The molecule has 0 saturated carbocycles. The van der Waals surface area contributed by atoms with Crippen molar-refractivity contribution in [1.29, 1.82) is 0 Å². The molecule has 130 valence electrons. The average Bonchev–Trinajstić information content (AvgIpc) is 3.05. The highest BCUT2D eigenvalue weighted by Gasteiger charge is 2.21. The molecule has 0 radical (unpaired) electrons. The van der Waals surface area contributed by atoms with Crippen molar-refractivity contribution in [2.45, 2.75) is 64.4 Å². The van der Waals surface area contributed by atoms with Crippen LogP contribution in [0.2, 0.25) is 0 Å². The molecule has 1 aliphatic carbocycles. The molecule has 1 aliphatic heterocycles. The van der Waals surface area contributed by atoms with Crippen LogP contribution in [0.4, 0.5) is 0 Å². The van der Waals surface area contributed by atoms with Gasteiger partial charge in [0.1, 0.15) is 0 Å². The van der Waals surface area contributed by atoms with Crippen molar-refractivity contribution >= 4 is 11.8 Å². The van der Waals surface area contributed by atoms with Crippen molar-refractivity contribution in [2.24, 2.45) is 0 Å². The molecule has 5 heteroatoms. The second kappa shape index (κ2) is 9.71. The molecule has 0 bridgehead atoms. The number of ether oxygens (including phenoxy) is 1. The molecule has 0 spiro atoms. The average molecular weight is 322 g/mol. The van der Waals surface area contributed by atoms with Crippen LogP contribution in [0.15, 0.2) is 11.6 Å². The Bertz CT molecular complexity index is 428. The standard InChI is InChI=1S/C18H30N2O3/c1-15(21)20(14-17-8-5-13-23-17)12-10-18(22)19-11-9-16-6-3-2-4-7-16/h6,17H,2-5,7-14H2,1H3,(H,19,22). The van der Waals surface area contributed by atoms with E-state index < -0.39 is 0 Å². The van der Waals surface area contributed by atoms with Gasteiger partial charge in [-0.05, 0) is 44.9 Å². The number of allylic oxidation sites excluding steroid dienone is 1. The summed E-state index contributed by atoms with van der Waals surface area (Å²) in [6.45, 7) is 4.13. The molecule has 0 aromatic heterocycles. The Morgan fingerprint density at radius 2 is 2.22 bits per heavy atom. The van der Waals surface area contributed by atoms with Gasteiger partial charge in [0.15, 0.2) is 0 Å². The Kier molecular flexibility index (Phi) is 7.59. The van der Waals surface area contributed by atoms with E-state index in [1.54, 1.807) is 11.8 Å². The van der Waals surface area contributed by atoms with Gasteiger partial charge in [0.05, 0.1) is 6.10 Å². The number of hydrogen-bond donors (Lipinski definition) is 1. The molecule has 1 unspecified atom stereocenters. The fourth-order valence-electron chi connectivity index (χ4n) is 3.23. The van der Waals surface area contributed by atoms with Gasteiger partial charge in [0.2, 0.25) is 11.8 Å². The molecular formula is C18H30N2O3. The topological polar surface area (TPSA) is 58.6 Å². The van der Waals surface area contributed by atoms with Gasteiger partial charge in [-0.15, -0.1) is 0 Å². The fraction of sp³-hybridized carbons (Fsp3) is 0.778. The van der Waals surface area contributed by atoms with Crippen LogP contribution in [0.1, 0.15) is 58.3 Å². The highest BCUT2D eigenvalue weighted by atomic mass is 16.5. The normalized spacial score (nSPS) is 20.9. The Labute approximate surface area is 139 Å². The SMILES string of the molecule is CC(=O)N(CCC(=O)NCCC1=CCCCC1)CC1CCCO1. The lowest BCUT2D eigenvalue weighted by Crippen LogP contribution is -2.38. The zero-order chi connectivity index (χ0) is 16.5. The predicted molar refractivity (Wildman–Crippen MR) is 90.0 cm³/mol. The molecule has 1 saturated heterocycles. The largest absolute Gasteiger partial charge is 0.376 e. The van der Waals surface area contributed by atoms with E-state index in [0.717, 1.165) is 25.9 Å². The highest BCUT2D eigenvalue weighted by Crippen LogP contribution is 2.19. The van der Waals surface area contributed by atoms with Crippen LogP contribution in [0.25, 0.3) is 0 Å². The first kappa shape index (κ1) is 18.0. The maximum Gasteiger partial charge on any atom is 0.221 e. The van der Waals surface area contributed by atoms with Crippen molar-refractivity contribution in [3.05, 3.63) is 11.6 Å². The smallest absolute Gasteiger partial charge is 0.221 e. The molecule has 1 atom stereocenters. The first-order chi connectivity index (χ1) is 11.1. The number of carbonyl (C=O) groups is 2. The number of nitrogens with zero attached hydrogens (tertiary/aromatic N) is 1. The van der Waals surface area contributed by atoms with E-state index in [1.807, 2.05) is 0 Å². The van der Waals surface area contributed by atoms with E-state index in [-0.39, 0.29) is 17.9 Å². The fourth-order valence-corrected chi connectivity index (χ4v) is 3.23. The van der Waals surface area contributed by atoms with Crippen molar-refractivity contribution < 1.29 is 14.3 Å². The first-order valence-electron chi connectivity index (χ1n) is 8.97. The van der Waals surface area contributed by atoms with Gasteiger partial charge in [-0.25, -0.2) is 0 Å². The van der Waals surface area contributed by atoms with Gasteiger partial charge in [0, 0.05) is 39.6 Å². The monoisotopic (exact) mass is 322 g/mol. The van der Waals surface area contributed by atoms with Crippen LogP contribution in [-0.4, -0.2) is 49.1 Å². The first-order valence-corrected chi connectivity index (χ1v) is 8.97. The summed E-state index contributed by atoms with van der Waals surface area (Å²) in [7, 11) is 0. The molecule has 1 fully saturated rings. The minimum atomic E-state index is 0.0145. The summed E-state index contributed by atoms with van der Waals surface area (Å²) >= 11 is 0. The van der Waals surface area contributed by atoms with Crippen LogP contribution < -0.4 is 5.32 Å². The third-order valence-corrected chi connectivity index (χ3v) is 4.66. The maximum atomic E-state index is 11.9. The molecule has 5 nitrogen and oxygen atoms in total. The number of rotatable bonds is 8. The molecule has 2 amide bonds. The molecular weight excluding hydrogens is 292 g/mol. The lowest BCUT2D eigenvalue weighted by atomic mass is 9.97. The number of nitrogens with one attached hydrogen (secondary N) is 1. The number of carbonyl (C=O) groups excluding carboxylic acids is 2. The van der Waals surface area contributed by atoms with E-state index in [1.165, 1.54) is 31.3 Å². The van der Waals surface area contributed by atoms with Gasteiger partial charge in [-0.1, -0.05) is 11.6 Å². The Morgan fingerprint density at radius 3 is 2.87 bits per heavy atom.